The quantitative estimate of drug-likeness (QED) is 0.284. The summed E-state index contributed by atoms with van der Waals surface area (Å²) in [6, 6.07) is 20.5. The third-order valence-corrected chi connectivity index (χ3v) is 6.99. The van der Waals surface area contributed by atoms with Crippen LogP contribution in [0.2, 0.25) is 0 Å². The van der Waals surface area contributed by atoms with Crippen LogP contribution in [0.4, 0.5) is 5.69 Å². The molecule has 1 aliphatic rings. The van der Waals surface area contributed by atoms with E-state index in [1.54, 1.807) is 14.2 Å². The SMILES string of the molecule is COc1ccc(Br)cc1CN(Cc1ccc(N2CCCC2=O)cc1)Cc1cc(Br)ccc1OC. The van der Waals surface area contributed by atoms with Crippen LogP contribution in [0.5, 0.6) is 11.5 Å². The molecule has 1 heterocycles. The lowest BCUT2D eigenvalue weighted by atomic mass is 10.1. The van der Waals surface area contributed by atoms with Gasteiger partial charge in [0.1, 0.15) is 11.5 Å². The third-order valence-electron chi connectivity index (χ3n) is 6.00. The summed E-state index contributed by atoms with van der Waals surface area (Å²) in [6.07, 6.45) is 1.57. The number of hydrogen-bond acceptors (Lipinski definition) is 4. The van der Waals surface area contributed by atoms with Gasteiger partial charge in [0, 0.05) is 58.4 Å². The fourth-order valence-corrected chi connectivity index (χ4v) is 5.17. The highest BCUT2D eigenvalue weighted by Crippen LogP contribution is 2.29. The number of methoxy groups -OCH3 is 2. The maximum Gasteiger partial charge on any atom is 0.227 e. The molecule has 1 aliphatic heterocycles. The van der Waals surface area contributed by atoms with Crippen molar-refractivity contribution in [3.63, 3.8) is 0 Å². The van der Waals surface area contributed by atoms with E-state index in [1.807, 2.05) is 29.2 Å². The van der Waals surface area contributed by atoms with Crippen LogP contribution in [0.25, 0.3) is 0 Å². The van der Waals surface area contributed by atoms with Gasteiger partial charge in [0.25, 0.3) is 0 Å². The molecule has 5 nitrogen and oxygen atoms in total. The van der Waals surface area contributed by atoms with Crippen molar-refractivity contribution in [2.45, 2.75) is 32.5 Å². The van der Waals surface area contributed by atoms with Crippen molar-refractivity contribution in [2.75, 3.05) is 25.7 Å². The van der Waals surface area contributed by atoms with Gasteiger partial charge in [-0.3, -0.25) is 9.69 Å². The van der Waals surface area contributed by atoms with Crippen molar-refractivity contribution in [3.05, 3.63) is 86.3 Å². The van der Waals surface area contributed by atoms with E-state index in [1.165, 1.54) is 5.56 Å². The lowest BCUT2D eigenvalue weighted by molar-refractivity contribution is -0.117. The van der Waals surface area contributed by atoms with Crippen molar-refractivity contribution in [2.24, 2.45) is 0 Å². The van der Waals surface area contributed by atoms with Crippen molar-refractivity contribution >= 4 is 43.5 Å². The lowest BCUT2D eigenvalue weighted by Gasteiger charge is -2.25. The number of carbonyl (C=O) groups is 1. The monoisotopic (exact) mass is 586 g/mol. The molecule has 3 aromatic rings. The molecule has 34 heavy (non-hydrogen) atoms. The van der Waals surface area contributed by atoms with Crippen LogP contribution in [0.3, 0.4) is 0 Å². The van der Waals surface area contributed by atoms with Gasteiger partial charge in [0.15, 0.2) is 0 Å². The largest absolute Gasteiger partial charge is 0.496 e. The second-order valence-electron chi connectivity index (χ2n) is 8.37. The Kier molecular flexibility index (Phi) is 8.29. The lowest BCUT2D eigenvalue weighted by Crippen LogP contribution is -2.24. The zero-order chi connectivity index (χ0) is 24.1. The molecule has 0 radical (unpaired) electrons. The van der Waals surface area contributed by atoms with Crippen molar-refractivity contribution < 1.29 is 14.3 Å². The zero-order valence-electron chi connectivity index (χ0n) is 19.4. The summed E-state index contributed by atoms with van der Waals surface area (Å²) in [5.41, 5.74) is 4.36. The average Bonchev–Trinajstić information content (AvgIpc) is 3.26. The first-order valence-corrected chi connectivity index (χ1v) is 12.8. The second kappa shape index (κ2) is 11.4. The van der Waals surface area contributed by atoms with Gasteiger partial charge in [-0.1, -0.05) is 44.0 Å². The Balaban J connectivity index is 1.60. The topological polar surface area (TPSA) is 42.0 Å². The number of rotatable bonds is 9. The van der Waals surface area contributed by atoms with Crippen molar-refractivity contribution in [3.8, 4) is 11.5 Å². The summed E-state index contributed by atoms with van der Waals surface area (Å²) in [5.74, 6) is 1.92. The van der Waals surface area contributed by atoms with E-state index in [2.05, 4.69) is 73.2 Å². The van der Waals surface area contributed by atoms with Crippen LogP contribution >= 0.6 is 31.9 Å². The molecule has 0 N–H and O–H groups in total. The summed E-state index contributed by atoms with van der Waals surface area (Å²) in [5, 5.41) is 0. The number of amides is 1. The Labute approximate surface area is 217 Å². The van der Waals surface area contributed by atoms with Gasteiger partial charge < -0.3 is 14.4 Å². The highest BCUT2D eigenvalue weighted by atomic mass is 79.9. The maximum atomic E-state index is 12.1. The molecule has 7 heteroatoms. The van der Waals surface area contributed by atoms with Crippen LogP contribution in [0, 0.1) is 0 Å². The Morgan fingerprint density at radius 2 is 1.38 bits per heavy atom. The maximum absolute atomic E-state index is 12.1. The molecule has 0 unspecified atom stereocenters. The Hall–Kier alpha value is -2.35. The Morgan fingerprint density at radius 3 is 1.85 bits per heavy atom. The minimum Gasteiger partial charge on any atom is -0.496 e. The van der Waals surface area contributed by atoms with E-state index in [0.29, 0.717) is 19.5 Å². The van der Waals surface area contributed by atoms with E-state index < -0.39 is 0 Å². The fraction of sp³-hybridized carbons (Fsp3) is 0.296. The first-order chi connectivity index (χ1) is 16.5. The van der Waals surface area contributed by atoms with E-state index in [4.69, 9.17) is 9.47 Å². The van der Waals surface area contributed by atoms with E-state index in [0.717, 1.165) is 56.8 Å². The molecule has 178 valence electrons. The molecule has 0 bridgehead atoms. The number of nitrogens with zero attached hydrogens (tertiary/aromatic N) is 2. The summed E-state index contributed by atoms with van der Waals surface area (Å²) in [7, 11) is 3.40. The normalized spacial score (nSPS) is 13.6. The highest BCUT2D eigenvalue weighted by Gasteiger charge is 2.21. The van der Waals surface area contributed by atoms with Crippen LogP contribution in [-0.4, -0.2) is 31.6 Å². The molecule has 0 saturated carbocycles. The number of anilines is 1. The average molecular weight is 588 g/mol. The van der Waals surface area contributed by atoms with Gasteiger partial charge in [-0.05, 0) is 60.5 Å². The first kappa shape index (κ1) is 24.8. The molecule has 3 aromatic carbocycles. The number of carbonyl (C=O) groups excluding carboxylic acids is 1. The molecule has 1 saturated heterocycles. The van der Waals surface area contributed by atoms with Gasteiger partial charge >= 0.3 is 0 Å². The third kappa shape index (κ3) is 6.01. The molecule has 1 fully saturated rings. The number of halogens is 2. The highest BCUT2D eigenvalue weighted by molar-refractivity contribution is 9.10. The van der Waals surface area contributed by atoms with Gasteiger partial charge in [-0.15, -0.1) is 0 Å². The van der Waals surface area contributed by atoms with Gasteiger partial charge in [0.2, 0.25) is 5.91 Å². The molecule has 1 amide bonds. The van der Waals surface area contributed by atoms with Gasteiger partial charge in [0.05, 0.1) is 14.2 Å². The summed E-state index contributed by atoms with van der Waals surface area (Å²) < 4.78 is 13.3. The van der Waals surface area contributed by atoms with Crippen molar-refractivity contribution in [1.29, 1.82) is 0 Å². The fourth-order valence-electron chi connectivity index (χ4n) is 4.35. The predicted molar refractivity (Wildman–Crippen MR) is 142 cm³/mol. The summed E-state index contributed by atoms with van der Waals surface area (Å²) in [4.78, 5) is 16.3. The number of hydrogen-bond donors (Lipinski definition) is 0. The second-order valence-corrected chi connectivity index (χ2v) is 10.2. The molecule has 0 atom stereocenters. The molecule has 0 aromatic heterocycles. The molecular weight excluding hydrogens is 560 g/mol. The van der Waals surface area contributed by atoms with Crippen molar-refractivity contribution in [1.82, 2.24) is 4.90 Å². The van der Waals surface area contributed by atoms with Gasteiger partial charge in [-0.2, -0.15) is 0 Å². The molecule has 0 spiro atoms. The number of ether oxygens (including phenoxy) is 2. The summed E-state index contributed by atoms with van der Waals surface area (Å²) in [6.45, 7) is 2.94. The summed E-state index contributed by atoms with van der Waals surface area (Å²) >= 11 is 7.19. The van der Waals surface area contributed by atoms with Gasteiger partial charge in [-0.25, -0.2) is 0 Å². The molecular formula is C27H28Br2N2O3. The van der Waals surface area contributed by atoms with E-state index in [9.17, 15) is 4.79 Å². The molecule has 0 aliphatic carbocycles. The Morgan fingerprint density at radius 1 is 0.824 bits per heavy atom. The molecule has 4 rings (SSSR count). The number of benzene rings is 3. The predicted octanol–water partition coefficient (Wildman–Crippen LogP) is 6.56. The van der Waals surface area contributed by atoms with Crippen LogP contribution in [0.1, 0.15) is 29.5 Å². The smallest absolute Gasteiger partial charge is 0.227 e. The van der Waals surface area contributed by atoms with E-state index >= 15 is 0 Å². The van der Waals surface area contributed by atoms with E-state index in [-0.39, 0.29) is 5.91 Å². The van der Waals surface area contributed by atoms with Crippen LogP contribution in [-0.2, 0) is 24.4 Å². The minimum atomic E-state index is 0.206. The zero-order valence-corrected chi connectivity index (χ0v) is 22.6. The van der Waals surface area contributed by atoms with Crippen LogP contribution < -0.4 is 14.4 Å². The Bertz CT molecular complexity index is 1100. The first-order valence-electron chi connectivity index (χ1n) is 11.2. The standard InChI is InChI=1S/C27H28Br2N2O3/c1-33-25-11-7-22(28)14-20(25)17-30(18-21-15-23(29)8-12-26(21)34-2)16-19-5-9-24(10-6-19)31-13-3-4-27(31)32/h5-12,14-15H,3-4,13,16-18H2,1-2H3. The van der Waals surface area contributed by atoms with Crippen LogP contribution in [0.15, 0.2) is 69.6 Å². The minimum absolute atomic E-state index is 0.206.